The van der Waals surface area contributed by atoms with Crippen LogP contribution in [0.5, 0.6) is 0 Å². The lowest BCUT2D eigenvalue weighted by molar-refractivity contribution is -0.384. The van der Waals surface area contributed by atoms with Crippen LogP contribution in [-0.2, 0) is 7.05 Å². The van der Waals surface area contributed by atoms with Crippen LogP contribution in [0.15, 0.2) is 30.6 Å². The van der Waals surface area contributed by atoms with E-state index < -0.39 is 4.92 Å². The van der Waals surface area contributed by atoms with E-state index >= 15 is 0 Å². The molecule has 29 heavy (non-hydrogen) atoms. The zero-order chi connectivity index (χ0) is 19.7. The highest BCUT2D eigenvalue weighted by Gasteiger charge is 2.32. The first-order valence-electron chi connectivity index (χ1n) is 9.58. The Bertz CT molecular complexity index is 896. The SMILES string of the molecule is Cl.Cn1ccnc1C1CNCCN1C(=O)c1ccc(N2CCCC2)c([N+](=O)[O-])c1. The Morgan fingerprint density at radius 3 is 2.69 bits per heavy atom. The van der Waals surface area contributed by atoms with Gasteiger partial charge in [0.2, 0.25) is 0 Å². The molecule has 4 rings (SSSR count). The average molecular weight is 421 g/mol. The largest absolute Gasteiger partial charge is 0.366 e. The van der Waals surface area contributed by atoms with Crippen LogP contribution in [0, 0.1) is 10.1 Å². The molecule has 0 bridgehead atoms. The maximum Gasteiger partial charge on any atom is 0.293 e. The fourth-order valence-electron chi connectivity index (χ4n) is 4.07. The van der Waals surface area contributed by atoms with E-state index in [0.717, 1.165) is 31.8 Å². The van der Waals surface area contributed by atoms with Crippen molar-refractivity contribution in [1.29, 1.82) is 0 Å². The maximum atomic E-state index is 13.2. The number of aryl methyl sites for hydroxylation is 1. The predicted molar refractivity (Wildman–Crippen MR) is 112 cm³/mol. The van der Waals surface area contributed by atoms with Crippen LogP contribution in [0.1, 0.15) is 35.1 Å². The van der Waals surface area contributed by atoms with E-state index in [2.05, 4.69) is 10.3 Å². The van der Waals surface area contributed by atoms with Gasteiger partial charge in [0.25, 0.3) is 11.6 Å². The van der Waals surface area contributed by atoms with Gasteiger partial charge in [0.05, 0.1) is 4.92 Å². The van der Waals surface area contributed by atoms with Crippen molar-refractivity contribution in [3.63, 3.8) is 0 Å². The second kappa shape index (κ2) is 8.79. The van der Waals surface area contributed by atoms with E-state index in [-0.39, 0.29) is 30.0 Å². The minimum atomic E-state index is -0.390. The summed E-state index contributed by atoms with van der Waals surface area (Å²) in [5, 5.41) is 15.0. The Hall–Kier alpha value is -2.65. The minimum Gasteiger partial charge on any atom is -0.366 e. The van der Waals surface area contributed by atoms with Crippen LogP contribution in [-0.4, -0.2) is 58.0 Å². The predicted octanol–water partition coefficient (Wildman–Crippen LogP) is 2.14. The number of imidazole rings is 1. The van der Waals surface area contributed by atoms with Gasteiger partial charge in [-0.05, 0) is 25.0 Å². The number of aromatic nitrogens is 2. The van der Waals surface area contributed by atoms with Crippen LogP contribution in [0.4, 0.5) is 11.4 Å². The van der Waals surface area contributed by atoms with Gasteiger partial charge >= 0.3 is 0 Å². The summed E-state index contributed by atoms with van der Waals surface area (Å²) >= 11 is 0. The third-order valence-corrected chi connectivity index (χ3v) is 5.53. The molecule has 2 fully saturated rings. The molecule has 0 spiro atoms. The normalized spacial score (nSPS) is 19.1. The first kappa shape index (κ1) is 21.1. The molecule has 2 aromatic rings. The van der Waals surface area contributed by atoms with Crippen LogP contribution in [0.2, 0.25) is 0 Å². The number of hydrogen-bond acceptors (Lipinski definition) is 6. The molecule has 0 radical (unpaired) electrons. The fraction of sp³-hybridized carbons (Fsp3) is 0.474. The van der Waals surface area contributed by atoms with Gasteiger partial charge in [-0.2, -0.15) is 0 Å². The van der Waals surface area contributed by atoms with Crippen molar-refractivity contribution in [3.8, 4) is 0 Å². The lowest BCUT2D eigenvalue weighted by Crippen LogP contribution is -2.49. The number of carbonyl (C=O) groups is 1. The van der Waals surface area contributed by atoms with E-state index in [1.807, 2.05) is 22.7 Å². The smallest absolute Gasteiger partial charge is 0.293 e. The molecule has 156 valence electrons. The van der Waals surface area contributed by atoms with Crippen LogP contribution >= 0.6 is 12.4 Å². The lowest BCUT2D eigenvalue weighted by atomic mass is 10.1. The number of hydrogen-bond donors (Lipinski definition) is 1. The number of rotatable bonds is 4. The van der Waals surface area contributed by atoms with E-state index in [4.69, 9.17) is 0 Å². The van der Waals surface area contributed by atoms with Crippen LogP contribution in [0.3, 0.4) is 0 Å². The number of anilines is 1. The van der Waals surface area contributed by atoms with E-state index in [0.29, 0.717) is 30.9 Å². The number of carbonyl (C=O) groups excluding carboxylic acids is 1. The first-order chi connectivity index (χ1) is 13.6. The van der Waals surface area contributed by atoms with Crippen molar-refractivity contribution >= 4 is 29.7 Å². The second-order valence-electron chi connectivity index (χ2n) is 7.27. The van der Waals surface area contributed by atoms with E-state index in [9.17, 15) is 14.9 Å². The molecule has 0 saturated carbocycles. The summed E-state index contributed by atoms with van der Waals surface area (Å²) in [7, 11) is 1.90. The van der Waals surface area contributed by atoms with Gasteiger partial charge in [-0.1, -0.05) is 0 Å². The summed E-state index contributed by atoms with van der Waals surface area (Å²) in [6.07, 6.45) is 5.62. The Balaban J connectivity index is 0.00000240. The number of nitrogens with one attached hydrogen (secondary N) is 1. The molecule has 9 nitrogen and oxygen atoms in total. The molecule has 1 unspecified atom stereocenters. The van der Waals surface area contributed by atoms with Crippen LogP contribution < -0.4 is 10.2 Å². The molecule has 1 amide bonds. The van der Waals surface area contributed by atoms with E-state index in [1.54, 1.807) is 23.2 Å². The third-order valence-electron chi connectivity index (χ3n) is 5.53. The summed E-state index contributed by atoms with van der Waals surface area (Å²) in [6, 6.07) is 4.64. The van der Waals surface area contributed by atoms with Crippen molar-refractivity contribution in [3.05, 3.63) is 52.1 Å². The monoisotopic (exact) mass is 420 g/mol. The summed E-state index contributed by atoms with van der Waals surface area (Å²) in [4.78, 5) is 32.7. The first-order valence-corrected chi connectivity index (χ1v) is 9.58. The minimum absolute atomic E-state index is 0. The number of piperazine rings is 1. The van der Waals surface area contributed by atoms with Gasteiger partial charge in [0.1, 0.15) is 17.6 Å². The summed E-state index contributed by atoms with van der Waals surface area (Å²) in [5.74, 6) is 0.592. The molecule has 2 aliphatic heterocycles. The van der Waals surface area contributed by atoms with Crippen molar-refractivity contribution < 1.29 is 9.72 Å². The zero-order valence-electron chi connectivity index (χ0n) is 16.3. The number of amides is 1. The highest BCUT2D eigenvalue weighted by molar-refractivity contribution is 5.96. The molecule has 1 aromatic carbocycles. The van der Waals surface area contributed by atoms with Gasteiger partial charge in [0, 0.05) is 63.8 Å². The average Bonchev–Trinajstić information content (AvgIpc) is 3.38. The van der Waals surface area contributed by atoms with Gasteiger partial charge < -0.3 is 19.7 Å². The molecule has 1 N–H and O–H groups in total. The molecule has 10 heteroatoms. The van der Waals surface area contributed by atoms with Crippen molar-refractivity contribution in [1.82, 2.24) is 19.8 Å². The molecule has 1 aromatic heterocycles. The number of halogens is 1. The van der Waals surface area contributed by atoms with Crippen molar-refractivity contribution in [2.24, 2.45) is 7.05 Å². The maximum absolute atomic E-state index is 13.2. The topological polar surface area (TPSA) is 96.5 Å². The third kappa shape index (κ3) is 4.06. The van der Waals surface area contributed by atoms with Gasteiger partial charge in [0.15, 0.2) is 0 Å². The Morgan fingerprint density at radius 1 is 1.28 bits per heavy atom. The number of nitro benzene ring substituents is 1. The molecule has 1 atom stereocenters. The molecule has 3 heterocycles. The van der Waals surface area contributed by atoms with Gasteiger partial charge in [-0.15, -0.1) is 12.4 Å². The van der Waals surface area contributed by atoms with Crippen molar-refractivity contribution in [2.75, 3.05) is 37.6 Å². The van der Waals surface area contributed by atoms with Gasteiger partial charge in [-0.3, -0.25) is 14.9 Å². The number of nitro groups is 1. The number of benzene rings is 1. The molecule has 2 saturated heterocycles. The van der Waals surface area contributed by atoms with Crippen LogP contribution in [0.25, 0.3) is 0 Å². The number of nitrogens with zero attached hydrogens (tertiary/aromatic N) is 5. The Kier molecular flexibility index (Phi) is 6.39. The summed E-state index contributed by atoms with van der Waals surface area (Å²) < 4.78 is 1.90. The quantitative estimate of drug-likeness (QED) is 0.601. The lowest BCUT2D eigenvalue weighted by Gasteiger charge is -2.35. The molecular weight excluding hydrogens is 396 g/mol. The van der Waals surface area contributed by atoms with Crippen molar-refractivity contribution in [2.45, 2.75) is 18.9 Å². The highest BCUT2D eigenvalue weighted by atomic mass is 35.5. The summed E-state index contributed by atoms with van der Waals surface area (Å²) in [5.41, 5.74) is 0.937. The summed E-state index contributed by atoms with van der Waals surface area (Å²) in [6.45, 7) is 3.43. The highest BCUT2D eigenvalue weighted by Crippen LogP contribution is 2.33. The zero-order valence-corrected chi connectivity index (χ0v) is 17.1. The fourth-order valence-corrected chi connectivity index (χ4v) is 4.07. The Morgan fingerprint density at radius 2 is 2.03 bits per heavy atom. The second-order valence-corrected chi connectivity index (χ2v) is 7.27. The molecule has 2 aliphatic rings. The Labute approximate surface area is 175 Å². The van der Waals surface area contributed by atoms with Gasteiger partial charge in [-0.25, -0.2) is 4.98 Å². The standard InChI is InChI=1S/C19H24N6O3.ClH/c1-22-10-7-21-18(22)17-13-20-6-11-24(17)19(26)14-4-5-15(16(12-14)25(27)28)23-8-2-3-9-23;/h4-5,7,10,12,17,20H,2-3,6,8-9,11,13H2,1H3;1H. The molecule has 0 aliphatic carbocycles. The van der Waals surface area contributed by atoms with E-state index in [1.165, 1.54) is 6.07 Å². The molecular formula is C19H25ClN6O3.